The van der Waals surface area contributed by atoms with Crippen LogP contribution in [0.3, 0.4) is 0 Å². The third-order valence-corrected chi connectivity index (χ3v) is 5.26. The van der Waals surface area contributed by atoms with Crippen molar-refractivity contribution in [2.24, 2.45) is 0 Å². The molecule has 1 aliphatic carbocycles. The van der Waals surface area contributed by atoms with Crippen molar-refractivity contribution in [1.29, 1.82) is 0 Å². The Hall–Kier alpha value is -3.10. The molecule has 1 aromatic rings. The normalized spacial score (nSPS) is 18.5. The zero-order valence-electron chi connectivity index (χ0n) is 16.6. The molecule has 0 radical (unpaired) electrons. The summed E-state index contributed by atoms with van der Waals surface area (Å²) in [6, 6.07) is 5.09. The molecule has 9 heteroatoms. The van der Waals surface area contributed by atoms with Gasteiger partial charge < -0.3 is 20.7 Å². The Labute approximate surface area is 169 Å². The maximum Gasteiger partial charge on any atom is 0.325 e. The number of nitrogens with one attached hydrogen (secondary N) is 3. The van der Waals surface area contributed by atoms with Crippen LogP contribution in [0.2, 0.25) is 0 Å². The Bertz CT molecular complexity index is 819. The van der Waals surface area contributed by atoms with E-state index >= 15 is 0 Å². The number of ether oxygens (including phenoxy) is 1. The highest BCUT2D eigenvalue weighted by Gasteiger charge is 2.54. The fourth-order valence-electron chi connectivity index (χ4n) is 3.74. The summed E-state index contributed by atoms with van der Waals surface area (Å²) in [5.41, 5.74) is -0.406. The van der Waals surface area contributed by atoms with Crippen molar-refractivity contribution >= 4 is 29.4 Å². The van der Waals surface area contributed by atoms with E-state index in [1.165, 1.54) is 6.92 Å². The van der Waals surface area contributed by atoms with Gasteiger partial charge in [-0.3, -0.25) is 14.4 Å². The Kier molecular flexibility index (Phi) is 6.05. The van der Waals surface area contributed by atoms with Crippen LogP contribution in [0, 0.1) is 0 Å². The van der Waals surface area contributed by atoms with Crippen molar-refractivity contribution in [3.05, 3.63) is 24.3 Å². The average molecular weight is 402 g/mol. The van der Waals surface area contributed by atoms with Crippen LogP contribution in [0.5, 0.6) is 5.75 Å². The second kappa shape index (κ2) is 8.50. The van der Waals surface area contributed by atoms with Gasteiger partial charge in [0, 0.05) is 18.3 Å². The number of amides is 5. The van der Waals surface area contributed by atoms with Crippen molar-refractivity contribution in [1.82, 2.24) is 15.5 Å². The summed E-state index contributed by atoms with van der Waals surface area (Å²) in [5, 5.41) is 8.10. The summed E-state index contributed by atoms with van der Waals surface area (Å²) in [6.07, 6.45) is 2.97. The first kappa shape index (κ1) is 20.6. The average Bonchev–Trinajstić information content (AvgIpc) is 3.25. The molecule has 1 aromatic carbocycles. The van der Waals surface area contributed by atoms with E-state index in [4.69, 9.17) is 4.74 Å². The molecule has 1 atom stereocenters. The quantitative estimate of drug-likeness (QED) is 0.596. The van der Waals surface area contributed by atoms with Gasteiger partial charge in [-0.25, -0.2) is 9.69 Å². The number of nitrogens with zero attached hydrogens (tertiary/aromatic N) is 1. The lowest BCUT2D eigenvalue weighted by atomic mass is 9.97. The van der Waals surface area contributed by atoms with Crippen molar-refractivity contribution in [3.63, 3.8) is 0 Å². The molecule has 0 bridgehead atoms. The maximum atomic E-state index is 12.8. The molecular formula is C20H26N4O5. The third kappa shape index (κ3) is 4.33. The van der Waals surface area contributed by atoms with Crippen LogP contribution < -0.4 is 20.7 Å². The van der Waals surface area contributed by atoms with Crippen LogP contribution in [0.1, 0.15) is 39.5 Å². The molecule has 1 aliphatic heterocycles. The molecule has 0 aromatic heterocycles. The van der Waals surface area contributed by atoms with E-state index in [0.717, 1.165) is 17.7 Å². The predicted octanol–water partition coefficient (Wildman–Crippen LogP) is 1.39. The molecule has 1 unspecified atom stereocenters. The van der Waals surface area contributed by atoms with Crippen LogP contribution >= 0.6 is 0 Å². The standard InChI is InChI=1S/C20H26N4O5/c1-3-21-16(25)12-29-15-8-6-7-14(11-15)22-17(26)13(2)24-18(27)20(23-19(24)28)9-4-5-10-20/h6-8,11,13H,3-5,9-10,12H2,1-2H3,(H,21,25)(H,22,26)(H,23,28). The second-order valence-corrected chi connectivity index (χ2v) is 7.33. The molecule has 2 aliphatic rings. The zero-order chi connectivity index (χ0) is 21.0. The highest BCUT2D eigenvalue weighted by atomic mass is 16.5. The summed E-state index contributed by atoms with van der Waals surface area (Å²) in [6.45, 7) is 3.72. The minimum Gasteiger partial charge on any atom is -0.484 e. The lowest BCUT2D eigenvalue weighted by Gasteiger charge is -2.23. The van der Waals surface area contributed by atoms with Gasteiger partial charge in [0.2, 0.25) is 5.91 Å². The largest absolute Gasteiger partial charge is 0.484 e. The van der Waals surface area contributed by atoms with E-state index in [1.807, 2.05) is 6.92 Å². The maximum absolute atomic E-state index is 12.8. The number of carbonyl (C=O) groups is 4. The number of carbonyl (C=O) groups excluding carboxylic acids is 4. The van der Waals surface area contributed by atoms with Gasteiger partial charge in [-0.15, -0.1) is 0 Å². The summed E-state index contributed by atoms with van der Waals surface area (Å²) in [7, 11) is 0. The fraction of sp³-hybridized carbons (Fsp3) is 0.500. The number of benzene rings is 1. The van der Waals surface area contributed by atoms with Gasteiger partial charge in [0.15, 0.2) is 6.61 Å². The van der Waals surface area contributed by atoms with Gasteiger partial charge in [-0.05, 0) is 38.8 Å². The number of hydrogen-bond acceptors (Lipinski definition) is 5. The Morgan fingerprint density at radius 1 is 1.28 bits per heavy atom. The van der Waals surface area contributed by atoms with Gasteiger partial charge >= 0.3 is 6.03 Å². The molecule has 3 N–H and O–H groups in total. The molecule has 5 amide bonds. The monoisotopic (exact) mass is 402 g/mol. The first-order chi connectivity index (χ1) is 13.9. The highest BCUT2D eigenvalue weighted by Crippen LogP contribution is 2.35. The minimum atomic E-state index is -0.956. The van der Waals surface area contributed by atoms with Gasteiger partial charge in [-0.2, -0.15) is 0 Å². The summed E-state index contributed by atoms with van der Waals surface area (Å²) in [5.74, 6) is -0.636. The van der Waals surface area contributed by atoms with Gasteiger partial charge in [0.05, 0.1) is 0 Å². The van der Waals surface area contributed by atoms with Crippen LogP contribution in [0.15, 0.2) is 24.3 Å². The summed E-state index contributed by atoms with van der Waals surface area (Å²) >= 11 is 0. The predicted molar refractivity (Wildman–Crippen MR) is 105 cm³/mol. The Balaban J connectivity index is 1.62. The molecule has 2 fully saturated rings. The third-order valence-electron chi connectivity index (χ3n) is 5.26. The van der Waals surface area contributed by atoms with E-state index in [0.29, 0.717) is 30.8 Å². The smallest absolute Gasteiger partial charge is 0.325 e. The van der Waals surface area contributed by atoms with Gasteiger partial charge in [-0.1, -0.05) is 18.9 Å². The lowest BCUT2D eigenvalue weighted by molar-refractivity contribution is -0.136. The number of rotatable bonds is 7. The van der Waals surface area contributed by atoms with E-state index in [-0.39, 0.29) is 18.4 Å². The molecule has 3 rings (SSSR count). The van der Waals surface area contributed by atoms with Crippen molar-refractivity contribution in [3.8, 4) is 5.75 Å². The first-order valence-corrected chi connectivity index (χ1v) is 9.82. The van der Waals surface area contributed by atoms with Crippen LogP contribution in [-0.2, 0) is 14.4 Å². The van der Waals surface area contributed by atoms with E-state index in [9.17, 15) is 19.2 Å². The Morgan fingerprint density at radius 2 is 2.00 bits per heavy atom. The fourth-order valence-corrected chi connectivity index (χ4v) is 3.74. The molecule has 1 saturated carbocycles. The number of imide groups is 1. The van der Waals surface area contributed by atoms with Crippen LogP contribution in [0.4, 0.5) is 10.5 Å². The first-order valence-electron chi connectivity index (χ1n) is 9.82. The minimum absolute atomic E-state index is 0.133. The number of anilines is 1. The van der Waals surface area contributed by atoms with E-state index in [1.54, 1.807) is 24.3 Å². The molecule has 1 saturated heterocycles. The Morgan fingerprint density at radius 3 is 2.69 bits per heavy atom. The molecule has 1 heterocycles. The second-order valence-electron chi connectivity index (χ2n) is 7.33. The van der Waals surface area contributed by atoms with Crippen LogP contribution in [0.25, 0.3) is 0 Å². The number of likely N-dealkylation sites (N-methyl/N-ethyl adjacent to an activating group) is 1. The highest BCUT2D eigenvalue weighted by molar-refractivity contribution is 6.11. The molecule has 9 nitrogen and oxygen atoms in total. The van der Waals surface area contributed by atoms with Crippen molar-refractivity contribution in [2.45, 2.75) is 51.1 Å². The molecule has 1 spiro atoms. The summed E-state index contributed by atoms with van der Waals surface area (Å²) < 4.78 is 5.41. The van der Waals surface area contributed by atoms with E-state index in [2.05, 4.69) is 16.0 Å². The van der Waals surface area contributed by atoms with E-state index < -0.39 is 23.5 Å². The number of hydrogen-bond donors (Lipinski definition) is 3. The molecule has 29 heavy (non-hydrogen) atoms. The molecular weight excluding hydrogens is 376 g/mol. The number of urea groups is 1. The van der Waals surface area contributed by atoms with Crippen LogP contribution in [-0.4, -0.2) is 53.4 Å². The zero-order valence-corrected chi connectivity index (χ0v) is 16.6. The topological polar surface area (TPSA) is 117 Å². The SMILES string of the molecule is CCNC(=O)COc1cccc(NC(=O)C(C)N2C(=O)NC3(CCCC3)C2=O)c1. The lowest BCUT2D eigenvalue weighted by Crippen LogP contribution is -2.48. The van der Waals surface area contributed by atoms with Crippen molar-refractivity contribution in [2.75, 3.05) is 18.5 Å². The van der Waals surface area contributed by atoms with Gasteiger partial charge in [0.25, 0.3) is 11.8 Å². The van der Waals surface area contributed by atoms with Crippen molar-refractivity contribution < 1.29 is 23.9 Å². The molecule has 156 valence electrons. The summed E-state index contributed by atoms with van der Waals surface area (Å²) in [4.78, 5) is 50.3. The van der Waals surface area contributed by atoms with Gasteiger partial charge in [0.1, 0.15) is 17.3 Å².